The minimum Gasteiger partial charge on any atom is -0.297 e. The van der Waals surface area contributed by atoms with E-state index >= 15 is 0 Å². The van der Waals surface area contributed by atoms with E-state index in [1.54, 1.807) is 23.7 Å². The second-order valence-corrected chi connectivity index (χ2v) is 8.92. The molecular weight excluding hydrogens is 450 g/mol. The van der Waals surface area contributed by atoms with Crippen molar-refractivity contribution in [2.75, 3.05) is 26.2 Å². The molecule has 1 heterocycles. The zero-order valence-corrected chi connectivity index (χ0v) is 20.2. The molecule has 0 bridgehead atoms. The SMILES string of the molecule is O=C(/C=C/c1cccc(/C=C/C(=O)c2cccc(CN3CCN(Cc4ccccc4)CC3)c2)c1)NO. The van der Waals surface area contributed by atoms with Crippen LogP contribution in [0.4, 0.5) is 0 Å². The first-order chi connectivity index (χ1) is 17.6. The van der Waals surface area contributed by atoms with E-state index in [-0.39, 0.29) is 5.78 Å². The van der Waals surface area contributed by atoms with Gasteiger partial charge >= 0.3 is 0 Å². The van der Waals surface area contributed by atoms with Gasteiger partial charge in [0.15, 0.2) is 5.78 Å². The van der Waals surface area contributed by atoms with E-state index in [1.807, 2.05) is 42.5 Å². The molecule has 1 saturated heterocycles. The fourth-order valence-electron chi connectivity index (χ4n) is 4.27. The van der Waals surface area contributed by atoms with Crippen molar-refractivity contribution in [1.29, 1.82) is 0 Å². The summed E-state index contributed by atoms with van der Waals surface area (Å²) in [6, 6.07) is 25.9. The van der Waals surface area contributed by atoms with Gasteiger partial charge in [-0.15, -0.1) is 0 Å². The highest BCUT2D eigenvalue weighted by atomic mass is 16.5. The lowest BCUT2D eigenvalue weighted by atomic mass is 10.0. The summed E-state index contributed by atoms with van der Waals surface area (Å²) in [6.45, 7) is 5.91. The first kappa shape index (κ1) is 25.3. The Balaban J connectivity index is 1.31. The van der Waals surface area contributed by atoms with Gasteiger partial charge in [0.25, 0.3) is 5.91 Å². The van der Waals surface area contributed by atoms with Crippen LogP contribution in [0.2, 0.25) is 0 Å². The molecule has 1 aliphatic rings. The van der Waals surface area contributed by atoms with Crippen LogP contribution in [0.1, 0.15) is 32.6 Å². The van der Waals surface area contributed by atoms with Crippen LogP contribution < -0.4 is 5.48 Å². The fraction of sp³-hybridized carbons (Fsp3) is 0.200. The molecule has 0 aliphatic carbocycles. The molecule has 0 aromatic heterocycles. The zero-order chi connectivity index (χ0) is 25.2. The Morgan fingerprint density at radius 3 is 1.97 bits per heavy atom. The largest absolute Gasteiger partial charge is 0.297 e. The number of nitrogens with one attached hydrogen (secondary N) is 1. The van der Waals surface area contributed by atoms with E-state index < -0.39 is 5.91 Å². The van der Waals surface area contributed by atoms with E-state index in [9.17, 15) is 9.59 Å². The highest BCUT2D eigenvalue weighted by Crippen LogP contribution is 2.15. The third-order valence-corrected chi connectivity index (χ3v) is 6.21. The summed E-state index contributed by atoms with van der Waals surface area (Å²) in [6.07, 6.45) is 6.17. The van der Waals surface area contributed by atoms with Crippen LogP contribution in [0.5, 0.6) is 0 Å². The van der Waals surface area contributed by atoms with E-state index in [0.29, 0.717) is 5.56 Å². The van der Waals surface area contributed by atoms with Gasteiger partial charge in [-0.05, 0) is 46.5 Å². The van der Waals surface area contributed by atoms with Crippen molar-refractivity contribution in [3.63, 3.8) is 0 Å². The highest BCUT2D eigenvalue weighted by Gasteiger charge is 2.17. The number of nitrogens with zero attached hydrogens (tertiary/aromatic N) is 2. The van der Waals surface area contributed by atoms with E-state index in [1.165, 1.54) is 11.6 Å². The van der Waals surface area contributed by atoms with Crippen LogP contribution in [0.25, 0.3) is 12.2 Å². The predicted molar refractivity (Wildman–Crippen MR) is 142 cm³/mol. The Hall–Kier alpha value is -3.84. The molecule has 0 saturated carbocycles. The number of benzene rings is 3. The quantitative estimate of drug-likeness (QED) is 0.205. The fourth-order valence-corrected chi connectivity index (χ4v) is 4.27. The van der Waals surface area contributed by atoms with Gasteiger partial charge in [-0.2, -0.15) is 0 Å². The normalized spacial score (nSPS) is 14.9. The van der Waals surface area contributed by atoms with Crippen LogP contribution in [0, 0.1) is 0 Å². The van der Waals surface area contributed by atoms with Crippen molar-refractivity contribution in [1.82, 2.24) is 15.3 Å². The Kier molecular flexibility index (Phi) is 8.94. The Labute approximate surface area is 212 Å². The molecule has 0 unspecified atom stereocenters. The lowest BCUT2D eigenvalue weighted by molar-refractivity contribution is -0.124. The number of amides is 1. The van der Waals surface area contributed by atoms with Gasteiger partial charge in [-0.1, -0.05) is 72.8 Å². The van der Waals surface area contributed by atoms with Gasteiger partial charge in [0, 0.05) is 50.9 Å². The smallest absolute Gasteiger partial charge is 0.267 e. The maximum Gasteiger partial charge on any atom is 0.267 e. The third kappa shape index (κ3) is 7.58. The van der Waals surface area contributed by atoms with Crippen LogP contribution in [-0.4, -0.2) is 52.9 Å². The van der Waals surface area contributed by atoms with E-state index in [4.69, 9.17) is 5.21 Å². The summed E-state index contributed by atoms with van der Waals surface area (Å²) in [7, 11) is 0. The first-order valence-electron chi connectivity index (χ1n) is 12.1. The number of hydroxylamine groups is 1. The Bertz CT molecular complexity index is 1230. The van der Waals surface area contributed by atoms with E-state index in [2.05, 4.69) is 46.2 Å². The molecule has 3 aromatic rings. The van der Waals surface area contributed by atoms with Gasteiger partial charge in [-0.25, -0.2) is 5.48 Å². The monoisotopic (exact) mass is 481 g/mol. The lowest BCUT2D eigenvalue weighted by Crippen LogP contribution is -2.45. The van der Waals surface area contributed by atoms with Crippen molar-refractivity contribution in [2.24, 2.45) is 0 Å². The van der Waals surface area contributed by atoms with Gasteiger partial charge < -0.3 is 0 Å². The number of carbonyl (C=O) groups is 2. The van der Waals surface area contributed by atoms with Crippen molar-refractivity contribution >= 4 is 23.8 Å². The van der Waals surface area contributed by atoms with Gasteiger partial charge in [-0.3, -0.25) is 24.6 Å². The Morgan fingerprint density at radius 2 is 1.31 bits per heavy atom. The second kappa shape index (κ2) is 12.7. The molecular formula is C30H31N3O3. The topological polar surface area (TPSA) is 72.9 Å². The minimum atomic E-state index is -0.597. The third-order valence-electron chi connectivity index (χ3n) is 6.21. The molecule has 184 valence electrons. The molecule has 1 aliphatic heterocycles. The summed E-state index contributed by atoms with van der Waals surface area (Å²) < 4.78 is 0. The highest BCUT2D eigenvalue weighted by molar-refractivity contribution is 6.06. The molecule has 1 amide bonds. The molecule has 6 heteroatoms. The average molecular weight is 482 g/mol. The molecule has 1 fully saturated rings. The number of hydrogen-bond acceptors (Lipinski definition) is 5. The average Bonchev–Trinajstić information content (AvgIpc) is 2.92. The Morgan fingerprint density at radius 1 is 0.722 bits per heavy atom. The zero-order valence-electron chi connectivity index (χ0n) is 20.2. The van der Waals surface area contributed by atoms with E-state index in [0.717, 1.165) is 56.0 Å². The molecule has 3 aromatic carbocycles. The number of carbonyl (C=O) groups excluding carboxylic acids is 2. The lowest BCUT2D eigenvalue weighted by Gasteiger charge is -2.34. The molecule has 0 atom stereocenters. The molecule has 6 nitrogen and oxygen atoms in total. The molecule has 4 rings (SSSR count). The molecule has 2 N–H and O–H groups in total. The number of hydrogen-bond donors (Lipinski definition) is 2. The summed E-state index contributed by atoms with van der Waals surface area (Å²) in [5.41, 5.74) is 6.35. The number of allylic oxidation sites excluding steroid dienone is 1. The number of ketones is 1. The van der Waals surface area contributed by atoms with Crippen LogP contribution in [0.15, 0.2) is 91.0 Å². The maximum atomic E-state index is 12.8. The van der Waals surface area contributed by atoms with Crippen molar-refractivity contribution < 1.29 is 14.8 Å². The van der Waals surface area contributed by atoms with Crippen LogP contribution in [-0.2, 0) is 17.9 Å². The minimum absolute atomic E-state index is 0.0508. The molecule has 0 radical (unpaired) electrons. The van der Waals surface area contributed by atoms with Crippen LogP contribution >= 0.6 is 0 Å². The number of rotatable bonds is 9. The standard InChI is InChI=1S/C30H31N3O3/c34-29(14-12-24-8-4-9-25(20-24)13-15-30(35)31-36)28-11-5-10-27(21-28)23-33-18-16-32(17-19-33)22-26-6-2-1-3-7-26/h1-15,20-21,36H,16-19,22-23H2,(H,31,35)/b14-12+,15-13+. The molecule has 0 spiro atoms. The van der Waals surface area contributed by atoms with Crippen molar-refractivity contribution in [3.05, 3.63) is 119 Å². The summed E-state index contributed by atoms with van der Waals surface area (Å²) in [5.74, 6) is -0.648. The second-order valence-electron chi connectivity index (χ2n) is 8.92. The van der Waals surface area contributed by atoms with Gasteiger partial charge in [0.2, 0.25) is 0 Å². The summed E-state index contributed by atoms with van der Waals surface area (Å²) in [5, 5.41) is 8.59. The predicted octanol–water partition coefficient (Wildman–Crippen LogP) is 4.42. The summed E-state index contributed by atoms with van der Waals surface area (Å²) >= 11 is 0. The maximum absolute atomic E-state index is 12.8. The van der Waals surface area contributed by atoms with Gasteiger partial charge in [0.1, 0.15) is 0 Å². The van der Waals surface area contributed by atoms with Gasteiger partial charge in [0.05, 0.1) is 0 Å². The number of piperazine rings is 1. The van der Waals surface area contributed by atoms with Crippen molar-refractivity contribution in [3.8, 4) is 0 Å². The first-order valence-corrected chi connectivity index (χ1v) is 12.1. The van der Waals surface area contributed by atoms with Crippen LogP contribution in [0.3, 0.4) is 0 Å². The van der Waals surface area contributed by atoms with Crippen molar-refractivity contribution in [2.45, 2.75) is 13.1 Å². The molecule has 36 heavy (non-hydrogen) atoms. The summed E-state index contributed by atoms with van der Waals surface area (Å²) in [4.78, 5) is 28.9.